The summed E-state index contributed by atoms with van der Waals surface area (Å²) in [6.07, 6.45) is 0.252. The van der Waals surface area contributed by atoms with Crippen molar-refractivity contribution in [2.75, 3.05) is 0 Å². The van der Waals surface area contributed by atoms with E-state index in [1.807, 2.05) is 30.3 Å². The lowest BCUT2D eigenvalue weighted by Crippen LogP contribution is -2.42. The lowest BCUT2D eigenvalue weighted by molar-refractivity contribution is -0.149. The monoisotopic (exact) mass is 313 g/mol. The summed E-state index contributed by atoms with van der Waals surface area (Å²) >= 11 is 0. The first kappa shape index (κ1) is 16.5. The second-order valence-electron chi connectivity index (χ2n) is 5.22. The maximum Gasteiger partial charge on any atom is 0.329 e. The molecule has 0 saturated heterocycles. The first-order valence-electron chi connectivity index (χ1n) is 7.30. The van der Waals surface area contributed by atoms with Crippen molar-refractivity contribution in [3.63, 3.8) is 0 Å². The largest absolute Gasteiger partial charge is 0.508 e. The van der Waals surface area contributed by atoms with Gasteiger partial charge in [0.05, 0.1) is 0 Å². The number of benzene rings is 2. The van der Waals surface area contributed by atoms with Crippen LogP contribution in [0.1, 0.15) is 18.1 Å². The highest BCUT2D eigenvalue weighted by atomic mass is 16.5. The maximum atomic E-state index is 12.2. The molecule has 2 rings (SSSR count). The number of carbonyl (C=O) groups excluding carboxylic acids is 2. The third-order valence-electron chi connectivity index (χ3n) is 3.24. The van der Waals surface area contributed by atoms with Gasteiger partial charge in [-0.05, 0) is 23.3 Å². The van der Waals surface area contributed by atoms with E-state index in [0.29, 0.717) is 0 Å². The summed E-state index contributed by atoms with van der Waals surface area (Å²) in [7, 11) is 0. The summed E-state index contributed by atoms with van der Waals surface area (Å²) in [5.41, 5.74) is 1.61. The third kappa shape index (κ3) is 5.47. The fraction of sp³-hybridized carbons (Fsp3) is 0.222. The number of aromatic hydroxyl groups is 1. The molecule has 1 amide bonds. The number of hydrogen-bond acceptors (Lipinski definition) is 4. The minimum Gasteiger partial charge on any atom is -0.508 e. The SMILES string of the molecule is CC(=O)NC(Cc1cccc(O)c1)C(=O)OCc1ccccc1. The van der Waals surface area contributed by atoms with Gasteiger partial charge < -0.3 is 15.2 Å². The van der Waals surface area contributed by atoms with Crippen LogP contribution in [0.3, 0.4) is 0 Å². The molecule has 0 spiro atoms. The first-order valence-corrected chi connectivity index (χ1v) is 7.30. The van der Waals surface area contributed by atoms with Crippen molar-refractivity contribution in [3.8, 4) is 5.75 Å². The van der Waals surface area contributed by atoms with E-state index < -0.39 is 12.0 Å². The Morgan fingerprint density at radius 1 is 1.09 bits per heavy atom. The van der Waals surface area contributed by atoms with E-state index in [1.165, 1.54) is 6.92 Å². The van der Waals surface area contributed by atoms with Gasteiger partial charge in [-0.15, -0.1) is 0 Å². The minimum absolute atomic E-state index is 0.113. The van der Waals surface area contributed by atoms with Crippen molar-refractivity contribution in [2.24, 2.45) is 0 Å². The molecule has 0 aromatic heterocycles. The van der Waals surface area contributed by atoms with E-state index in [-0.39, 0.29) is 24.7 Å². The molecule has 0 fully saturated rings. The van der Waals surface area contributed by atoms with Crippen LogP contribution in [0.2, 0.25) is 0 Å². The second-order valence-corrected chi connectivity index (χ2v) is 5.22. The molecule has 5 nitrogen and oxygen atoms in total. The van der Waals surface area contributed by atoms with Crippen LogP contribution in [0, 0.1) is 0 Å². The molecule has 0 aliphatic heterocycles. The van der Waals surface area contributed by atoms with Crippen molar-refractivity contribution in [1.29, 1.82) is 0 Å². The molecular formula is C18H19NO4. The Hall–Kier alpha value is -2.82. The molecule has 1 unspecified atom stereocenters. The summed E-state index contributed by atoms with van der Waals surface area (Å²) in [5, 5.41) is 12.1. The molecule has 2 aromatic carbocycles. The zero-order valence-electron chi connectivity index (χ0n) is 12.9. The highest BCUT2D eigenvalue weighted by molar-refractivity contribution is 5.83. The summed E-state index contributed by atoms with van der Waals surface area (Å²) in [4.78, 5) is 23.6. The topological polar surface area (TPSA) is 75.6 Å². The molecule has 0 heterocycles. The average Bonchev–Trinajstić information content (AvgIpc) is 2.52. The predicted molar refractivity (Wildman–Crippen MR) is 85.7 cm³/mol. The molecule has 0 bridgehead atoms. The lowest BCUT2D eigenvalue weighted by Gasteiger charge is -2.17. The zero-order chi connectivity index (χ0) is 16.7. The number of carbonyl (C=O) groups is 2. The van der Waals surface area contributed by atoms with Crippen molar-refractivity contribution >= 4 is 11.9 Å². The van der Waals surface area contributed by atoms with E-state index in [0.717, 1.165) is 11.1 Å². The standard InChI is InChI=1S/C18H19NO4/c1-13(20)19-17(11-15-8-5-9-16(21)10-15)18(22)23-12-14-6-3-2-4-7-14/h2-10,17,21H,11-12H2,1H3,(H,19,20). The molecule has 120 valence electrons. The van der Waals surface area contributed by atoms with Crippen LogP contribution in [0.25, 0.3) is 0 Å². The van der Waals surface area contributed by atoms with Crippen molar-refractivity contribution in [2.45, 2.75) is 26.0 Å². The van der Waals surface area contributed by atoms with E-state index >= 15 is 0 Å². The van der Waals surface area contributed by atoms with E-state index in [4.69, 9.17) is 4.74 Å². The van der Waals surface area contributed by atoms with Gasteiger partial charge in [0.25, 0.3) is 0 Å². The highest BCUT2D eigenvalue weighted by Crippen LogP contribution is 2.13. The molecule has 2 N–H and O–H groups in total. The number of nitrogens with one attached hydrogen (secondary N) is 1. The van der Waals surface area contributed by atoms with Gasteiger partial charge >= 0.3 is 5.97 Å². The van der Waals surface area contributed by atoms with Gasteiger partial charge in [0.1, 0.15) is 18.4 Å². The molecule has 0 saturated carbocycles. The van der Waals surface area contributed by atoms with Gasteiger partial charge in [0, 0.05) is 13.3 Å². The number of esters is 1. The van der Waals surface area contributed by atoms with E-state index in [9.17, 15) is 14.7 Å². The van der Waals surface area contributed by atoms with Crippen molar-refractivity contribution in [1.82, 2.24) is 5.32 Å². The fourth-order valence-electron chi connectivity index (χ4n) is 2.19. The fourth-order valence-corrected chi connectivity index (χ4v) is 2.19. The summed E-state index contributed by atoms with van der Waals surface area (Å²) < 4.78 is 5.28. The molecule has 0 aliphatic carbocycles. The molecule has 0 radical (unpaired) electrons. The summed E-state index contributed by atoms with van der Waals surface area (Å²) in [6, 6.07) is 15.1. The zero-order valence-corrected chi connectivity index (χ0v) is 12.9. The van der Waals surface area contributed by atoms with Crippen LogP contribution in [0.15, 0.2) is 54.6 Å². The number of rotatable bonds is 6. The Labute approximate surface area is 134 Å². The molecule has 0 aliphatic rings. The first-order chi connectivity index (χ1) is 11.0. The van der Waals surface area contributed by atoms with Crippen LogP contribution in [0.4, 0.5) is 0 Å². The second kappa shape index (κ2) is 7.98. The Balaban J connectivity index is 2.01. The number of amides is 1. The van der Waals surface area contributed by atoms with Gasteiger partial charge in [-0.3, -0.25) is 4.79 Å². The number of hydrogen-bond donors (Lipinski definition) is 2. The smallest absolute Gasteiger partial charge is 0.329 e. The van der Waals surface area contributed by atoms with Gasteiger partial charge in [-0.25, -0.2) is 4.79 Å². The Bertz CT molecular complexity index is 670. The van der Waals surface area contributed by atoms with Crippen LogP contribution >= 0.6 is 0 Å². The quantitative estimate of drug-likeness (QED) is 0.802. The third-order valence-corrected chi connectivity index (χ3v) is 3.24. The van der Waals surface area contributed by atoms with Crippen molar-refractivity contribution in [3.05, 3.63) is 65.7 Å². The molecule has 5 heteroatoms. The predicted octanol–water partition coefficient (Wildman–Crippen LogP) is 2.18. The van der Waals surface area contributed by atoms with Crippen LogP contribution in [-0.2, 0) is 27.4 Å². The Morgan fingerprint density at radius 3 is 2.43 bits per heavy atom. The number of ether oxygens (including phenoxy) is 1. The number of phenolic OH excluding ortho intramolecular Hbond substituents is 1. The Morgan fingerprint density at radius 2 is 1.78 bits per heavy atom. The molecular weight excluding hydrogens is 294 g/mol. The lowest BCUT2D eigenvalue weighted by atomic mass is 10.1. The number of phenols is 1. The average molecular weight is 313 g/mol. The maximum absolute atomic E-state index is 12.2. The van der Waals surface area contributed by atoms with Crippen LogP contribution in [0.5, 0.6) is 5.75 Å². The minimum atomic E-state index is -0.794. The summed E-state index contributed by atoms with van der Waals surface area (Å²) in [6.45, 7) is 1.50. The van der Waals surface area contributed by atoms with Gasteiger partial charge in [-0.1, -0.05) is 42.5 Å². The van der Waals surface area contributed by atoms with Gasteiger partial charge in [0.15, 0.2) is 0 Å². The molecule has 1 atom stereocenters. The molecule has 23 heavy (non-hydrogen) atoms. The van der Waals surface area contributed by atoms with E-state index in [2.05, 4.69) is 5.32 Å². The van der Waals surface area contributed by atoms with Crippen LogP contribution in [-0.4, -0.2) is 23.0 Å². The van der Waals surface area contributed by atoms with Crippen LogP contribution < -0.4 is 5.32 Å². The van der Waals surface area contributed by atoms with Gasteiger partial charge in [-0.2, -0.15) is 0 Å². The normalized spacial score (nSPS) is 11.5. The van der Waals surface area contributed by atoms with E-state index in [1.54, 1.807) is 24.3 Å². The molecule has 2 aromatic rings. The van der Waals surface area contributed by atoms with Gasteiger partial charge in [0.2, 0.25) is 5.91 Å². The van der Waals surface area contributed by atoms with Crippen molar-refractivity contribution < 1.29 is 19.4 Å². The summed E-state index contributed by atoms with van der Waals surface area (Å²) in [5.74, 6) is -0.707. The highest BCUT2D eigenvalue weighted by Gasteiger charge is 2.21. The Kier molecular flexibility index (Phi) is 5.74.